The molecule has 1 saturated carbocycles. The second kappa shape index (κ2) is 7.61. The van der Waals surface area contributed by atoms with Crippen molar-refractivity contribution in [2.45, 2.75) is 71.1 Å². The van der Waals surface area contributed by atoms with Gasteiger partial charge in [0.15, 0.2) is 0 Å². The van der Waals surface area contributed by atoms with Gasteiger partial charge in [0.05, 0.1) is 12.7 Å². The van der Waals surface area contributed by atoms with Crippen LogP contribution in [0.3, 0.4) is 0 Å². The Morgan fingerprint density at radius 3 is 2.63 bits per heavy atom. The third-order valence-corrected chi connectivity index (χ3v) is 4.71. The molecule has 0 aromatic carbocycles. The average Bonchev–Trinajstić information content (AvgIpc) is 2.39. The van der Waals surface area contributed by atoms with E-state index in [4.69, 9.17) is 4.74 Å². The van der Waals surface area contributed by atoms with E-state index in [0.29, 0.717) is 18.2 Å². The Hall–Kier alpha value is -0.120. The number of hydrogen-bond donors (Lipinski definition) is 1. The summed E-state index contributed by atoms with van der Waals surface area (Å²) in [5.41, 5.74) is 0. The van der Waals surface area contributed by atoms with Crippen LogP contribution in [-0.2, 0) is 4.74 Å². The summed E-state index contributed by atoms with van der Waals surface area (Å²) >= 11 is 0. The predicted octanol–water partition coefficient (Wildman–Crippen LogP) is 2.65. The van der Waals surface area contributed by atoms with Crippen molar-refractivity contribution in [1.82, 2.24) is 10.2 Å². The standard InChI is InChI=1S/C16H32N2O/c1-13(2)16-11-17-14(3)12-18(16)9-10-19-15-7-5-4-6-8-15/h13-17H,4-12H2,1-3H3. The Bertz CT molecular complexity index is 251. The molecule has 19 heavy (non-hydrogen) atoms. The van der Waals surface area contributed by atoms with Gasteiger partial charge >= 0.3 is 0 Å². The number of piperazine rings is 1. The maximum atomic E-state index is 6.09. The molecule has 1 saturated heterocycles. The molecule has 0 bridgehead atoms. The molecule has 0 amide bonds. The van der Waals surface area contributed by atoms with Crippen molar-refractivity contribution in [2.24, 2.45) is 5.92 Å². The quantitative estimate of drug-likeness (QED) is 0.829. The van der Waals surface area contributed by atoms with Gasteiger partial charge in [-0.3, -0.25) is 4.90 Å². The summed E-state index contributed by atoms with van der Waals surface area (Å²) in [7, 11) is 0. The van der Waals surface area contributed by atoms with Gasteiger partial charge in [0, 0.05) is 31.7 Å². The summed E-state index contributed by atoms with van der Waals surface area (Å²) in [5.74, 6) is 0.717. The van der Waals surface area contributed by atoms with E-state index in [9.17, 15) is 0 Å². The molecular weight excluding hydrogens is 236 g/mol. The normalized spacial score (nSPS) is 30.9. The monoisotopic (exact) mass is 268 g/mol. The maximum absolute atomic E-state index is 6.09. The molecule has 1 aliphatic heterocycles. The van der Waals surface area contributed by atoms with Gasteiger partial charge in [-0.05, 0) is 25.7 Å². The predicted molar refractivity (Wildman–Crippen MR) is 80.5 cm³/mol. The van der Waals surface area contributed by atoms with Gasteiger partial charge in [-0.15, -0.1) is 0 Å². The van der Waals surface area contributed by atoms with Crippen LogP contribution in [-0.4, -0.2) is 49.3 Å². The number of nitrogens with one attached hydrogen (secondary N) is 1. The van der Waals surface area contributed by atoms with Crippen molar-refractivity contribution < 1.29 is 4.74 Å². The number of ether oxygens (including phenoxy) is 1. The zero-order valence-electron chi connectivity index (χ0n) is 13.0. The van der Waals surface area contributed by atoms with E-state index in [1.54, 1.807) is 0 Å². The largest absolute Gasteiger partial charge is 0.377 e. The van der Waals surface area contributed by atoms with Gasteiger partial charge in [-0.1, -0.05) is 33.1 Å². The first-order chi connectivity index (χ1) is 9.16. The second-order valence-corrected chi connectivity index (χ2v) is 6.75. The number of nitrogens with zero attached hydrogens (tertiary/aromatic N) is 1. The van der Waals surface area contributed by atoms with Crippen LogP contribution in [0.25, 0.3) is 0 Å². The molecule has 0 radical (unpaired) electrons. The summed E-state index contributed by atoms with van der Waals surface area (Å²) in [6, 6.07) is 1.29. The zero-order valence-corrected chi connectivity index (χ0v) is 13.0. The Morgan fingerprint density at radius 1 is 1.21 bits per heavy atom. The SMILES string of the molecule is CC1CN(CCOC2CCCCC2)C(C(C)C)CN1. The van der Waals surface area contributed by atoms with Crippen molar-refractivity contribution >= 4 is 0 Å². The molecular formula is C16H32N2O. The van der Waals surface area contributed by atoms with E-state index in [-0.39, 0.29) is 0 Å². The summed E-state index contributed by atoms with van der Waals surface area (Å²) in [6.45, 7) is 11.3. The van der Waals surface area contributed by atoms with E-state index in [1.807, 2.05) is 0 Å². The molecule has 2 rings (SSSR count). The molecule has 1 N–H and O–H groups in total. The fraction of sp³-hybridized carbons (Fsp3) is 1.00. The molecule has 2 aliphatic rings. The first kappa shape index (κ1) is 15.3. The van der Waals surface area contributed by atoms with Crippen molar-refractivity contribution in [2.75, 3.05) is 26.2 Å². The summed E-state index contributed by atoms with van der Waals surface area (Å²) in [6.07, 6.45) is 7.25. The fourth-order valence-electron chi connectivity index (χ4n) is 3.49. The molecule has 3 nitrogen and oxygen atoms in total. The Balaban J connectivity index is 1.72. The van der Waals surface area contributed by atoms with Crippen LogP contribution in [0.2, 0.25) is 0 Å². The molecule has 2 unspecified atom stereocenters. The van der Waals surface area contributed by atoms with Crippen LogP contribution in [0.4, 0.5) is 0 Å². The van der Waals surface area contributed by atoms with Gasteiger partial charge in [-0.25, -0.2) is 0 Å². The minimum Gasteiger partial charge on any atom is -0.377 e. The average molecular weight is 268 g/mol. The van der Waals surface area contributed by atoms with Gasteiger partial charge in [0.1, 0.15) is 0 Å². The highest BCUT2D eigenvalue weighted by Crippen LogP contribution is 2.20. The van der Waals surface area contributed by atoms with Crippen molar-refractivity contribution in [3.05, 3.63) is 0 Å². The first-order valence-corrected chi connectivity index (χ1v) is 8.26. The van der Waals surface area contributed by atoms with Gasteiger partial charge in [0.25, 0.3) is 0 Å². The molecule has 2 atom stereocenters. The van der Waals surface area contributed by atoms with E-state index in [0.717, 1.165) is 32.2 Å². The van der Waals surface area contributed by atoms with E-state index < -0.39 is 0 Å². The maximum Gasteiger partial charge on any atom is 0.0597 e. The lowest BCUT2D eigenvalue weighted by atomic mass is 9.98. The Kier molecular flexibility index (Phi) is 6.11. The number of rotatable bonds is 5. The fourth-order valence-corrected chi connectivity index (χ4v) is 3.49. The molecule has 0 aromatic heterocycles. The van der Waals surface area contributed by atoms with Gasteiger partial charge in [-0.2, -0.15) is 0 Å². The highest BCUT2D eigenvalue weighted by Gasteiger charge is 2.27. The molecule has 112 valence electrons. The summed E-state index contributed by atoms with van der Waals surface area (Å²) < 4.78 is 6.09. The van der Waals surface area contributed by atoms with Crippen LogP contribution in [0, 0.1) is 5.92 Å². The minimum atomic E-state index is 0.548. The third kappa shape index (κ3) is 4.73. The molecule has 3 heteroatoms. The summed E-state index contributed by atoms with van der Waals surface area (Å²) in [5, 5.41) is 3.60. The molecule has 2 fully saturated rings. The Morgan fingerprint density at radius 2 is 1.95 bits per heavy atom. The van der Waals surface area contributed by atoms with Crippen LogP contribution >= 0.6 is 0 Å². The van der Waals surface area contributed by atoms with Crippen LogP contribution in [0.15, 0.2) is 0 Å². The van der Waals surface area contributed by atoms with E-state index >= 15 is 0 Å². The third-order valence-electron chi connectivity index (χ3n) is 4.71. The highest BCUT2D eigenvalue weighted by molar-refractivity contribution is 4.85. The topological polar surface area (TPSA) is 24.5 Å². The van der Waals surface area contributed by atoms with Crippen LogP contribution in [0.1, 0.15) is 52.9 Å². The molecule has 1 aliphatic carbocycles. The van der Waals surface area contributed by atoms with Crippen molar-refractivity contribution in [1.29, 1.82) is 0 Å². The smallest absolute Gasteiger partial charge is 0.0597 e. The van der Waals surface area contributed by atoms with Crippen LogP contribution < -0.4 is 5.32 Å². The van der Waals surface area contributed by atoms with Crippen molar-refractivity contribution in [3.8, 4) is 0 Å². The van der Waals surface area contributed by atoms with Crippen molar-refractivity contribution in [3.63, 3.8) is 0 Å². The lowest BCUT2D eigenvalue weighted by Gasteiger charge is -2.41. The Labute approximate surface area is 119 Å². The lowest BCUT2D eigenvalue weighted by Crippen LogP contribution is -2.58. The van der Waals surface area contributed by atoms with Gasteiger partial charge in [0.2, 0.25) is 0 Å². The molecule has 0 spiro atoms. The van der Waals surface area contributed by atoms with Gasteiger partial charge < -0.3 is 10.1 Å². The van der Waals surface area contributed by atoms with Crippen LogP contribution in [0.5, 0.6) is 0 Å². The lowest BCUT2D eigenvalue weighted by molar-refractivity contribution is -0.000546. The van der Waals surface area contributed by atoms with E-state index in [1.165, 1.54) is 32.1 Å². The highest BCUT2D eigenvalue weighted by atomic mass is 16.5. The number of hydrogen-bond acceptors (Lipinski definition) is 3. The first-order valence-electron chi connectivity index (χ1n) is 8.26. The molecule has 1 heterocycles. The minimum absolute atomic E-state index is 0.548. The molecule has 0 aromatic rings. The summed E-state index contributed by atoms with van der Waals surface area (Å²) in [4.78, 5) is 2.63. The zero-order chi connectivity index (χ0) is 13.7. The van der Waals surface area contributed by atoms with E-state index in [2.05, 4.69) is 31.0 Å². The second-order valence-electron chi connectivity index (χ2n) is 6.75.